The summed E-state index contributed by atoms with van der Waals surface area (Å²) in [5.74, 6) is -1.18. The third kappa shape index (κ3) is 4.56. The summed E-state index contributed by atoms with van der Waals surface area (Å²) in [6.07, 6.45) is 7.55. The second kappa shape index (κ2) is 7.94. The first kappa shape index (κ1) is 17.8. The van der Waals surface area contributed by atoms with Gasteiger partial charge in [0.05, 0.1) is 5.57 Å². The number of rotatable bonds is 5. The summed E-state index contributed by atoms with van der Waals surface area (Å²) in [5.41, 5.74) is 1.26. The Kier molecular flexibility index (Phi) is 5.67. The maximum absolute atomic E-state index is 13.8. The van der Waals surface area contributed by atoms with Gasteiger partial charge >= 0.3 is 0 Å². The van der Waals surface area contributed by atoms with Gasteiger partial charge in [-0.1, -0.05) is 55.7 Å². The molecule has 1 amide bonds. The molecule has 1 unspecified atom stereocenters. The molecule has 1 aromatic rings. The molecule has 4 heteroatoms. The molecule has 1 atom stereocenters. The van der Waals surface area contributed by atoms with Gasteiger partial charge in [0, 0.05) is 13.0 Å². The standard InChI is InChI=1S/C21H25F2NO/c22-17-9-10-18(19(23)13-17)20(25)24-15-21(11-5-2-6-12-21)14-16-7-3-1-4-8-16/h1,3-4,7-8,10,13,17H,2,5-6,9,11-12,14-15H2,(H,24,25). The van der Waals surface area contributed by atoms with Crippen molar-refractivity contribution in [1.29, 1.82) is 0 Å². The fourth-order valence-electron chi connectivity index (χ4n) is 3.96. The maximum atomic E-state index is 13.8. The van der Waals surface area contributed by atoms with Crippen molar-refractivity contribution < 1.29 is 13.6 Å². The number of amides is 1. The molecule has 2 nitrogen and oxygen atoms in total. The second-order valence-corrected chi connectivity index (χ2v) is 7.29. The van der Waals surface area contributed by atoms with Crippen LogP contribution in [0.3, 0.4) is 0 Å². The highest BCUT2D eigenvalue weighted by Crippen LogP contribution is 2.39. The lowest BCUT2D eigenvalue weighted by atomic mass is 9.70. The number of nitrogens with one attached hydrogen (secondary N) is 1. The summed E-state index contributed by atoms with van der Waals surface area (Å²) in [6.45, 7) is 0.532. The van der Waals surface area contributed by atoms with E-state index < -0.39 is 17.9 Å². The first-order valence-electron chi connectivity index (χ1n) is 9.12. The highest BCUT2D eigenvalue weighted by Gasteiger charge is 2.33. The maximum Gasteiger partial charge on any atom is 0.253 e. The minimum absolute atomic E-state index is 0.0211. The van der Waals surface area contributed by atoms with E-state index in [1.54, 1.807) is 0 Å². The number of carbonyl (C=O) groups is 1. The molecule has 0 aliphatic heterocycles. The van der Waals surface area contributed by atoms with Crippen LogP contribution in [0.5, 0.6) is 0 Å². The second-order valence-electron chi connectivity index (χ2n) is 7.29. The minimum atomic E-state index is -1.33. The van der Waals surface area contributed by atoms with Crippen molar-refractivity contribution in [3.05, 3.63) is 59.4 Å². The van der Waals surface area contributed by atoms with Gasteiger partial charge in [-0.25, -0.2) is 8.78 Å². The van der Waals surface area contributed by atoms with E-state index in [1.165, 1.54) is 18.1 Å². The van der Waals surface area contributed by atoms with Crippen molar-refractivity contribution in [3.8, 4) is 0 Å². The van der Waals surface area contributed by atoms with E-state index in [0.29, 0.717) is 6.54 Å². The molecule has 25 heavy (non-hydrogen) atoms. The quantitative estimate of drug-likeness (QED) is 0.815. The fraction of sp³-hybridized carbons (Fsp3) is 0.476. The summed E-state index contributed by atoms with van der Waals surface area (Å²) in [4.78, 5) is 12.4. The van der Waals surface area contributed by atoms with Crippen LogP contribution >= 0.6 is 0 Å². The summed E-state index contributed by atoms with van der Waals surface area (Å²) < 4.78 is 27.0. The van der Waals surface area contributed by atoms with Crippen LogP contribution in [-0.2, 0) is 11.2 Å². The Balaban J connectivity index is 1.67. The van der Waals surface area contributed by atoms with E-state index in [9.17, 15) is 13.6 Å². The largest absolute Gasteiger partial charge is 0.351 e. The van der Waals surface area contributed by atoms with Crippen molar-refractivity contribution in [3.63, 3.8) is 0 Å². The predicted molar refractivity (Wildman–Crippen MR) is 95.5 cm³/mol. The number of hydrogen-bond acceptors (Lipinski definition) is 1. The highest BCUT2D eigenvalue weighted by atomic mass is 19.1. The normalized spacial score (nSPS) is 22.7. The van der Waals surface area contributed by atoms with Gasteiger partial charge in [-0.3, -0.25) is 4.79 Å². The van der Waals surface area contributed by atoms with E-state index in [0.717, 1.165) is 38.2 Å². The van der Waals surface area contributed by atoms with Crippen LogP contribution in [0.2, 0.25) is 0 Å². The van der Waals surface area contributed by atoms with Gasteiger partial charge in [0.25, 0.3) is 5.91 Å². The zero-order chi connectivity index (χ0) is 17.7. The Hall–Kier alpha value is -1.97. The Morgan fingerprint density at radius 1 is 1.16 bits per heavy atom. The van der Waals surface area contributed by atoms with E-state index in [-0.39, 0.29) is 17.4 Å². The molecule has 134 valence electrons. The van der Waals surface area contributed by atoms with Crippen LogP contribution in [0.25, 0.3) is 0 Å². The van der Waals surface area contributed by atoms with Crippen LogP contribution in [0.15, 0.2) is 53.9 Å². The predicted octanol–water partition coefficient (Wildman–Crippen LogP) is 4.82. The van der Waals surface area contributed by atoms with Crippen LogP contribution in [0.4, 0.5) is 8.78 Å². The fourth-order valence-corrected chi connectivity index (χ4v) is 3.96. The molecule has 1 N–H and O–H groups in total. The van der Waals surface area contributed by atoms with E-state index in [1.807, 2.05) is 18.2 Å². The third-order valence-corrected chi connectivity index (χ3v) is 5.34. The van der Waals surface area contributed by atoms with Gasteiger partial charge in [0.15, 0.2) is 0 Å². The number of hydrogen-bond donors (Lipinski definition) is 1. The molecule has 1 saturated carbocycles. The van der Waals surface area contributed by atoms with Gasteiger partial charge in [0.1, 0.15) is 12.0 Å². The smallest absolute Gasteiger partial charge is 0.253 e. The summed E-state index contributed by atoms with van der Waals surface area (Å²) >= 11 is 0. The third-order valence-electron chi connectivity index (χ3n) is 5.34. The first-order valence-corrected chi connectivity index (χ1v) is 9.12. The van der Waals surface area contributed by atoms with Crippen molar-refractivity contribution >= 4 is 5.91 Å². The highest BCUT2D eigenvalue weighted by molar-refractivity contribution is 5.97. The monoisotopic (exact) mass is 345 g/mol. The molecule has 0 radical (unpaired) electrons. The van der Waals surface area contributed by atoms with E-state index >= 15 is 0 Å². The van der Waals surface area contributed by atoms with Gasteiger partial charge in [-0.05, 0) is 36.3 Å². The van der Waals surface area contributed by atoms with Crippen molar-refractivity contribution in [2.45, 2.75) is 51.1 Å². The lowest BCUT2D eigenvalue weighted by Crippen LogP contribution is -2.41. The lowest BCUT2D eigenvalue weighted by Gasteiger charge is -2.38. The first-order chi connectivity index (χ1) is 12.1. The molecular weight excluding hydrogens is 320 g/mol. The Labute approximate surface area is 148 Å². The molecule has 0 aromatic heterocycles. The molecule has 0 bridgehead atoms. The van der Waals surface area contributed by atoms with Crippen LogP contribution in [-0.4, -0.2) is 18.6 Å². The van der Waals surface area contributed by atoms with E-state index in [2.05, 4.69) is 17.4 Å². The zero-order valence-electron chi connectivity index (χ0n) is 14.4. The van der Waals surface area contributed by atoms with Crippen molar-refractivity contribution in [2.75, 3.05) is 6.54 Å². The number of benzene rings is 1. The Bertz CT molecular complexity index is 660. The van der Waals surface area contributed by atoms with E-state index in [4.69, 9.17) is 0 Å². The SMILES string of the molecule is O=C(NCC1(Cc2ccccc2)CCCCC1)C1=CCC(F)C=C1F. The number of alkyl halides is 1. The molecule has 1 aromatic carbocycles. The molecule has 0 heterocycles. The van der Waals surface area contributed by atoms with Crippen LogP contribution in [0.1, 0.15) is 44.1 Å². The minimum Gasteiger partial charge on any atom is -0.351 e. The average Bonchev–Trinajstić information content (AvgIpc) is 2.61. The summed E-state index contributed by atoms with van der Waals surface area (Å²) in [6, 6.07) is 10.3. The Morgan fingerprint density at radius 3 is 2.56 bits per heavy atom. The number of halogens is 2. The summed E-state index contributed by atoms with van der Waals surface area (Å²) in [5, 5.41) is 2.92. The summed E-state index contributed by atoms with van der Waals surface area (Å²) in [7, 11) is 0. The van der Waals surface area contributed by atoms with Crippen LogP contribution < -0.4 is 5.32 Å². The van der Waals surface area contributed by atoms with Crippen LogP contribution in [0, 0.1) is 5.41 Å². The number of carbonyl (C=O) groups excluding carboxylic acids is 1. The molecule has 0 spiro atoms. The molecule has 2 aliphatic carbocycles. The zero-order valence-corrected chi connectivity index (χ0v) is 14.4. The van der Waals surface area contributed by atoms with Gasteiger partial charge < -0.3 is 5.32 Å². The van der Waals surface area contributed by atoms with Gasteiger partial charge in [0.2, 0.25) is 0 Å². The van der Waals surface area contributed by atoms with Crippen molar-refractivity contribution in [2.24, 2.45) is 5.41 Å². The topological polar surface area (TPSA) is 29.1 Å². The molecule has 3 rings (SSSR count). The van der Waals surface area contributed by atoms with Crippen molar-refractivity contribution in [1.82, 2.24) is 5.32 Å². The number of allylic oxidation sites excluding steroid dienone is 2. The Morgan fingerprint density at radius 2 is 1.88 bits per heavy atom. The molecule has 1 fully saturated rings. The average molecular weight is 345 g/mol. The molecular formula is C21H25F2NO. The van der Waals surface area contributed by atoms with Gasteiger partial charge in [-0.2, -0.15) is 0 Å². The van der Waals surface area contributed by atoms with Gasteiger partial charge in [-0.15, -0.1) is 0 Å². The molecule has 2 aliphatic rings. The lowest BCUT2D eigenvalue weighted by molar-refractivity contribution is -0.118. The molecule has 0 saturated heterocycles.